The molecule has 0 saturated carbocycles. The Balaban J connectivity index is 1.95. The van der Waals surface area contributed by atoms with Crippen LogP contribution >= 0.6 is 11.3 Å². The second kappa shape index (κ2) is 3.96. The normalized spacial score (nSPS) is 21.5. The molecular weight excluding hydrogens is 222 g/mol. The maximum absolute atomic E-state index is 11.4. The molecule has 3 nitrogen and oxygen atoms in total. The van der Waals surface area contributed by atoms with Crippen molar-refractivity contribution < 1.29 is 9.53 Å². The molecule has 16 heavy (non-hydrogen) atoms. The average Bonchev–Trinajstić information content (AvgIpc) is 2.75. The maximum Gasteiger partial charge on any atom is 0.138 e. The number of thiazole rings is 1. The van der Waals surface area contributed by atoms with Crippen molar-refractivity contribution in [2.24, 2.45) is 0 Å². The highest BCUT2D eigenvalue weighted by Crippen LogP contribution is 2.29. The quantitative estimate of drug-likeness (QED) is 0.760. The predicted molar refractivity (Wildman–Crippen MR) is 62.6 cm³/mol. The van der Waals surface area contributed by atoms with E-state index in [1.54, 1.807) is 11.3 Å². The number of aromatic nitrogens is 1. The van der Waals surface area contributed by atoms with Gasteiger partial charge in [-0.05, 0) is 17.7 Å². The molecule has 2 aromatic rings. The van der Waals surface area contributed by atoms with Crippen molar-refractivity contribution in [2.75, 3.05) is 6.61 Å². The van der Waals surface area contributed by atoms with Crippen molar-refractivity contribution in [1.82, 2.24) is 4.98 Å². The van der Waals surface area contributed by atoms with Crippen molar-refractivity contribution in [1.29, 1.82) is 0 Å². The average molecular weight is 233 g/mol. The second-order valence-corrected chi connectivity index (χ2v) is 4.82. The molecule has 4 heteroatoms. The van der Waals surface area contributed by atoms with Crippen LogP contribution < -0.4 is 0 Å². The summed E-state index contributed by atoms with van der Waals surface area (Å²) in [6, 6.07) is 6.07. The van der Waals surface area contributed by atoms with Gasteiger partial charge in [-0.3, -0.25) is 4.79 Å². The standard InChI is InChI=1S/C12H11NO2S/c14-9-3-4-15-11(6-9)8-1-2-10-12(5-8)16-7-13-10/h1-2,5,7,11H,3-4,6H2. The molecule has 1 aliphatic heterocycles. The zero-order valence-electron chi connectivity index (χ0n) is 8.68. The van der Waals surface area contributed by atoms with Crippen molar-refractivity contribution in [3.8, 4) is 0 Å². The molecule has 1 atom stereocenters. The van der Waals surface area contributed by atoms with Crippen molar-refractivity contribution >= 4 is 27.3 Å². The van der Waals surface area contributed by atoms with E-state index in [2.05, 4.69) is 11.1 Å². The number of carbonyl (C=O) groups is 1. The summed E-state index contributed by atoms with van der Waals surface area (Å²) in [6.45, 7) is 0.546. The van der Waals surface area contributed by atoms with Crippen LogP contribution in [-0.4, -0.2) is 17.4 Å². The number of ether oxygens (including phenoxy) is 1. The first-order chi connectivity index (χ1) is 7.83. The van der Waals surface area contributed by atoms with Crippen molar-refractivity contribution in [3.05, 3.63) is 29.3 Å². The minimum absolute atomic E-state index is 0.0623. The second-order valence-electron chi connectivity index (χ2n) is 3.93. The molecular formula is C12H11NO2S. The van der Waals surface area contributed by atoms with E-state index in [0.29, 0.717) is 25.2 Å². The zero-order valence-corrected chi connectivity index (χ0v) is 9.50. The lowest BCUT2D eigenvalue weighted by atomic mass is 10.0. The molecule has 1 fully saturated rings. The third kappa shape index (κ3) is 1.74. The number of benzene rings is 1. The van der Waals surface area contributed by atoms with E-state index in [1.807, 2.05) is 17.6 Å². The van der Waals surface area contributed by atoms with Crippen molar-refractivity contribution in [3.63, 3.8) is 0 Å². The van der Waals surface area contributed by atoms with E-state index in [9.17, 15) is 4.79 Å². The first-order valence-corrected chi connectivity index (χ1v) is 6.17. The summed E-state index contributed by atoms with van der Waals surface area (Å²) in [5, 5.41) is 0. The van der Waals surface area contributed by atoms with Gasteiger partial charge < -0.3 is 4.74 Å². The highest BCUT2D eigenvalue weighted by Gasteiger charge is 2.21. The fourth-order valence-electron chi connectivity index (χ4n) is 1.97. The molecule has 2 heterocycles. The summed E-state index contributed by atoms with van der Waals surface area (Å²) >= 11 is 1.61. The monoisotopic (exact) mass is 233 g/mol. The van der Waals surface area contributed by atoms with E-state index < -0.39 is 0 Å². The van der Waals surface area contributed by atoms with E-state index in [-0.39, 0.29) is 6.10 Å². The molecule has 0 amide bonds. The first-order valence-electron chi connectivity index (χ1n) is 5.29. The lowest BCUT2D eigenvalue weighted by Crippen LogP contribution is -2.19. The van der Waals surface area contributed by atoms with Gasteiger partial charge in [0.05, 0.1) is 28.4 Å². The number of nitrogens with zero attached hydrogens (tertiary/aromatic N) is 1. The molecule has 1 aliphatic rings. The highest BCUT2D eigenvalue weighted by atomic mass is 32.1. The number of carbonyl (C=O) groups excluding carboxylic acids is 1. The Labute approximate surface area is 97.1 Å². The summed E-state index contributed by atoms with van der Waals surface area (Å²) in [6.07, 6.45) is 0.997. The molecule has 82 valence electrons. The molecule has 0 bridgehead atoms. The Morgan fingerprint density at radius 2 is 2.38 bits per heavy atom. The van der Waals surface area contributed by atoms with Crippen LogP contribution in [0.4, 0.5) is 0 Å². The smallest absolute Gasteiger partial charge is 0.138 e. The number of hydrogen-bond donors (Lipinski definition) is 0. The Morgan fingerprint density at radius 3 is 3.25 bits per heavy atom. The van der Waals surface area contributed by atoms with Crippen LogP contribution in [0, 0.1) is 0 Å². The van der Waals surface area contributed by atoms with Crippen LogP contribution in [0.1, 0.15) is 24.5 Å². The molecule has 1 unspecified atom stereocenters. The number of hydrogen-bond acceptors (Lipinski definition) is 4. The number of rotatable bonds is 1. The molecule has 1 aromatic carbocycles. The fourth-order valence-corrected chi connectivity index (χ4v) is 2.69. The molecule has 1 aromatic heterocycles. The van der Waals surface area contributed by atoms with Gasteiger partial charge in [-0.2, -0.15) is 0 Å². The van der Waals surface area contributed by atoms with Gasteiger partial charge >= 0.3 is 0 Å². The summed E-state index contributed by atoms with van der Waals surface area (Å²) < 4.78 is 6.78. The van der Waals surface area contributed by atoms with Gasteiger partial charge in [0, 0.05) is 12.8 Å². The Morgan fingerprint density at radius 1 is 1.44 bits per heavy atom. The predicted octanol–water partition coefficient (Wildman–Crippen LogP) is 2.72. The van der Waals surface area contributed by atoms with Crippen LogP contribution in [0.2, 0.25) is 0 Å². The van der Waals surface area contributed by atoms with Gasteiger partial charge in [-0.1, -0.05) is 6.07 Å². The van der Waals surface area contributed by atoms with E-state index in [4.69, 9.17) is 4.74 Å². The molecule has 1 saturated heterocycles. The zero-order chi connectivity index (χ0) is 11.0. The fraction of sp³-hybridized carbons (Fsp3) is 0.333. The number of ketones is 1. The van der Waals surface area contributed by atoms with Gasteiger partial charge in [-0.25, -0.2) is 4.98 Å². The minimum atomic E-state index is -0.0623. The number of Topliss-reactive ketones (excluding diaryl/α,β-unsaturated/α-hetero) is 1. The lowest BCUT2D eigenvalue weighted by molar-refractivity contribution is -0.128. The van der Waals surface area contributed by atoms with Crippen molar-refractivity contribution in [2.45, 2.75) is 18.9 Å². The van der Waals surface area contributed by atoms with Gasteiger partial charge in [-0.15, -0.1) is 11.3 Å². The summed E-state index contributed by atoms with van der Waals surface area (Å²) in [5.74, 6) is 0.292. The highest BCUT2D eigenvalue weighted by molar-refractivity contribution is 7.16. The molecule has 3 rings (SSSR count). The Hall–Kier alpha value is -1.26. The molecule has 0 radical (unpaired) electrons. The third-order valence-electron chi connectivity index (χ3n) is 2.84. The largest absolute Gasteiger partial charge is 0.373 e. The van der Waals surface area contributed by atoms with Gasteiger partial charge in [0.2, 0.25) is 0 Å². The lowest BCUT2D eigenvalue weighted by Gasteiger charge is -2.22. The van der Waals surface area contributed by atoms with Crippen LogP contribution in [0.25, 0.3) is 10.2 Å². The van der Waals surface area contributed by atoms with Gasteiger partial charge in [0.25, 0.3) is 0 Å². The Bertz CT molecular complexity index is 535. The molecule has 0 spiro atoms. The topological polar surface area (TPSA) is 39.2 Å². The van der Waals surface area contributed by atoms with E-state index >= 15 is 0 Å². The van der Waals surface area contributed by atoms with Crippen LogP contribution in [-0.2, 0) is 9.53 Å². The van der Waals surface area contributed by atoms with Crippen LogP contribution in [0.15, 0.2) is 23.7 Å². The van der Waals surface area contributed by atoms with Gasteiger partial charge in [0.15, 0.2) is 0 Å². The minimum Gasteiger partial charge on any atom is -0.373 e. The molecule has 0 N–H and O–H groups in total. The summed E-state index contributed by atoms with van der Waals surface area (Å²) in [7, 11) is 0. The SMILES string of the molecule is O=C1CCOC(c2ccc3ncsc3c2)C1. The molecule has 0 aliphatic carbocycles. The summed E-state index contributed by atoms with van der Waals surface area (Å²) in [4.78, 5) is 15.6. The van der Waals surface area contributed by atoms with Crippen LogP contribution in [0.5, 0.6) is 0 Å². The Kier molecular flexibility index (Phi) is 2.46. The van der Waals surface area contributed by atoms with E-state index in [1.165, 1.54) is 0 Å². The van der Waals surface area contributed by atoms with E-state index in [0.717, 1.165) is 15.8 Å². The van der Waals surface area contributed by atoms with Gasteiger partial charge in [0.1, 0.15) is 5.78 Å². The maximum atomic E-state index is 11.4. The summed E-state index contributed by atoms with van der Waals surface area (Å²) in [5.41, 5.74) is 3.93. The third-order valence-corrected chi connectivity index (χ3v) is 3.63. The first kappa shape index (κ1) is 9.93. The number of fused-ring (bicyclic) bond motifs is 1. The van der Waals surface area contributed by atoms with Crippen LogP contribution in [0.3, 0.4) is 0 Å².